The summed E-state index contributed by atoms with van der Waals surface area (Å²) in [6.45, 7) is 4.15. The standard InChI is InChI=1S/C12H14N4OS/c1-8(2)9-3-4-16(14-9)11-10(7-17)15-5-6-18-12(15)13-11/h3-6,8,17H,7H2,1-2H3. The summed E-state index contributed by atoms with van der Waals surface area (Å²) >= 11 is 1.55. The van der Waals surface area contributed by atoms with Gasteiger partial charge >= 0.3 is 0 Å². The van der Waals surface area contributed by atoms with Gasteiger partial charge in [-0.2, -0.15) is 10.1 Å². The first-order chi connectivity index (χ1) is 8.70. The quantitative estimate of drug-likeness (QED) is 0.787. The van der Waals surface area contributed by atoms with Crippen LogP contribution >= 0.6 is 11.3 Å². The molecule has 0 spiro atoms. The SMILES string of the molecule is CC(C)c1ccn(-c2nc3sccn3c2CO)n1. The second kappa shape index (κ2) is 4.22. The minimum atomic E-state index is -0.0515. The summed E-state index contributed by atoms with van der Waals surface area (Å²) in [4.78, 5) is 5.38. The van der Waals surface area contributed by atoms with Crippen molar-refractivity contribution in [2.45, 2.75) is 26.4 Å². The molecule has 0 atom stereocenters. The third kappa shape index (κ3) is 1.65. The molecule has 1 N–H and O–H groups in total. The number of aliphatic hydroxyl groups excluding tert-OH is 1. The van der Waals surface area contributed by atoms with Crippen LogP contribution in [0.4, 0.5) is 0 Å². The lowest BCUT2D eigenvalue weighted by Gasteiger charge is -2.01. The van der Waals surface area contributed by atoms with Crippen molar-refractivity contribution in [1.82, 2.24) is 19.2 Å². The first-order valence-electron chi connectivity index (χ1n) is 5.82. The predicted molar refractivity (Wildman–Crippen MR) is 70.2 cm³/mol. The highest BCUT2D eigenvalue weighted by molar-refractivity contribution is 7.15. The van der Waals surface area contributed by atoms with Crippen molar-refractivity contribution in [2.75, 3.05) is 0 Å². The topological polar surface area (TPSA) is 55.4 Å². The van der Waals surface area contributed by atoms with E-state index in [0.717, 1.165) is 16.3 Å². The van der Waals surface area contributed by atoms with Crippen LogP contribution in [0.15, 0.2) is 23.8 Å². The van der Waals surface area contributed by atoms with Gasteiger partial charge in [0.05, 0.1) is 18.0 Å². The van der Waals surface area contributed by atoms with Gasteiger partial charge in [0.2, 0.25) is 0 Å². The van der Waals surface area contributed by atoms with Gasteiger partial charge in [-0.05, 0) is 12.0 Å². The molecule has 0 radical (unpaired) electrons. The van der Waals surface area contributed by atoms with Crippen LogP contribution in [0.1, 0.15) is 31.2 Å². The molecule has 0 aromatic carbocycles. The van der Waals surface area contributed by atoms with E-state index in [0.29, 0.717) is 11.7 Å². The number of rotatable bonds is 3. The highest BCUT2D eigenvalue weighted by atomic mass is 32.1. The smallest absolute Gasteiger partial charge is 0.196 e. The van der Waals surface area contributed by atoms with Gasteiger partial charge < -0.3 is 5.11 Å². The molecule has 0 saturated heterocycles. The Balaban J connectivity index is 2.14. The van der Waals surface area contributed by atoms with Gasteiger partial charge in [-0.25, -0.2) is 4.68 Å². The molecule has 94 valence electrons. The van der Waals surface area contributed by atoms with Crippen molar-refractivity contribution in [1.29, 1.82) is 0 Å². The Labute approximate surface area is 108 Å². The van der Waals surface area contributed by atoms with Gasteiger partial charge in [0, 0.05) is 17.8 Å². The average molecular weight is 262 g/mol. The summed E-state index contributed by atoms with van der Waals surface area (Å²) in [5.74, 6) is 1.09. The zero-order valence-corrected chi connectivity index (χ0v) is 11.1. The number of hydrogen-bond acceptors (Lipinski definition) is 4. The fourth-order valence-electron chi connectivity index (χ4n) is 1.92. The van der Waals surface area contributed by atoms with Crippen molar-refractivity contribution in [3.05, 3.63) is 35.2 Å². The molecule has 0 aliphatic rings. The molecule has 3 aromatic heterocycles. The molecule has 0 fully saturated rings. The Morgan fingerprint density at radius 3 is 2.89 bits per heavy atom. The Bertz CT molecular complexity index is 679. The Kier molecular flexibility index (Phi) is 2.68. The zero-order chi connectivity index (χ0) is 12.7. The molecule has 0 saturated carbocycles. The van der Waals surface area contributed by atoms with E-state index in [9.17, 15) is 5.11 Å². The molecule has 3 heterocycles. The highest BCUT2D eigenvalue weighted by Gasteiger charge is 2.15. The predicted octanol–water partition coefficient (Wildman–Crippen LogP) is 2.20. The fourth-order valence-corrected chi connectivity index (χ4v) is 2.64. The molecule has 3 rings (SSSR count). The minimum Gasteiger partial charge on any atom is -0.390 e. The average Bonchev–Trinajstić information content (AvgIpc) is 3.02. The highest BCUT2D eigenvalue weighted by Crippen LogP contribution is 2.21. The number of aromatic nitrogens is 4. The molecule has 0 bridgehead atoms. The van der Waals surface area contributed by atoms with E-state index >= 15 is 0 Å². The van der Waals surface area contributed by atoms with Gasteiger partial charge in [-0.1, -0.05) is 13.8 Å². The number of fused-ring (bicyclic) bond motifs is 1. The van der Waals surface area contributed by atoms with Crippen LogP contribution in [0, 0.1) is 0 Å². The fraction of sp³-hybridized carbons (Fsp3) is 0.333. The maximum absolute atomic E-state index is 9.50. The van der Waals surface area contributed by atoms with Gasteiger partial charge in [-0.3, -0.25) is 4.40 Å². The van der Waals surface area contributed by atoms with Gasteiger partial charge in [-0.15, -0.1) is 11.3 Å². The third-order valence-electron chi connectivity index (χ3n) is 2.91. The normalized spacial score (nSPS) is 11.8. The first-order valence-corrected chi connectivity index (χ1v) is 6.70. The van der Waals surface area contributed by atoms with E-state index in [2.05, 4.69) is 23.9 Å². The van der Waals surface area contributed by atoms with Crippen LogP contribution in [0.2, 0.25) is 0 Å². The Morgan fingerprint density at radius 2 is 2.22 bits per heavy atom. The molecular formula is C12H14N4OS. The summed E-state index contributed by atoms with van der Waals surface area (Å²) in [6.07, 6.45) is 3.80. The molecule has 0 aliphatic carbocycles. The third-order valence-corrected chi connectivity index (χ3v) is 3.66. The summed E-state index contributed by atoms with van der Waals surface area (Å²) < 4.78 is 3.64. The maximum atomic E-state index is 9.50. The van der Waals surface area contributed by atoms with Crippen LogP contribution < -0.4 is 0 Å². The number of nitrogens with zero attached hydrogens (tertiary/aromatic N) is 4. The maximum Gasteiger partial charge on any atom is 0.196 e. The van der Waals surface area contributed by atoms with Gasteiger partial charge in [0.1, 0.15) is 0 Å². The number of aliphatic hydroxyl groups is 1. The molecule has 6 heteroatoms. The number of hydrogen-bond donors (Lipinski definition) is 1. The van der Waals surface area contributed by atoms with Crippen LogP contribution in [0.5, 0.6) is 0 Å². The van der Waals surface area contributed by atoms with Crippen molar-refractivity contribution >= 4 is 16.3 Å². The molecule has 0 aliphatic heterocycles. The van der Waals surface area contributed by atoms with Crippen LogP contribution in [0.3, 0.4) is 0 Å². The van der Waals surface area contributed by atoms with Crippen molar-refractivity contribution in [2.24, 2.45) is 0 Å². The second-order valence-corrected chi connectivity index (χ2v) is 5.31. The summed E-state index contributed by atoms with van der Waals surface area (Å²) in [6, 6.07) is 1.99. The van der Waals surface area contributed by atoms with Crippen molar-refractivity contribution < 1.29 is 5.11 Å². The monoisotopic (exact) mass is 262 g/mol. The van der Waals surface area contributed by atoms with Gasteiger partial charge in [0.15, 0.2) is 10.8 Å². The van der Waals surface area contributed by atoms with E-state index in [1.807, 2.05) is 28.2 Å². The first kappa shape index (κ1) is 11.4. The zero-order valence-electron chi connectivity index (χ0n) is 10.2. The van der Waals surface area contributed by atoms with Gasteiger partial charge in [0.25, 0.3) is 0 Å². The summed E-state index contributed by atoms with van der Waals surface area (Å²) in [5.41, 5.74) is 1.79. The second-order valence-electron chi connectivity index (χ2n) is 4.44. The van der Waals surface area contributed by atoms with Crippen LogP contribution in [-0.2, 0) is 6.61 Å². The molecular weight excluding hydrogens is 248 g/mol. The molecule has 0 amide bonds. The van der Waals surface area contributed by atoms with Crippen LogP contribution in [-0.4, -0.2) is 24.3 Å². The molecule has 3 aromatic rings. The van der Waals surface area contributed by atoms with Crippen LogP contribution in [0.25, 0.3) is 10.8 Å². The van der Waals surface area contributed by atoms with E-state index in [1.165, 1.54) is 0 Å². The lowest BCUT2D eigenvalue weighted by Crippen LogP contribution is -2.02. The molecule has 18 heavy (non-hydrogen) atoms. The van der Waals surface area contributed by atoms with Crippen molar-refractivity contribution in [3.63, 3.8) is 0 Å². The van der Waals surface area contributed by atoms with E-state index in [4.69, 9.17) is 0 Å². The van der Waals surface area contributed by atoms with E-state index < -0.39 is 0 Å². The Hall–Kier alpha value is -1.66. The Morgan fingerprint density at radius 1 is 1.39 bits per heavy atom. The summed E-state index contributed by atoms with van der Waals surface area (Å²) in [5, 5.41) is 16.0. The van der Waals surface area contributed by atoms with E-state index in [-0.39, 0.29) is 6.61 Å². The molecule has 0 unspecified atom stereocenters. The lowest BCUT2D eigenvalue weighted by molar-refractivity contribution is 0.275. The molecule has 5 nitrogen and oxygen atoms in total. The summed E-state index contributed by atoms with van der Waals surface area (Å²) in [7, 11) is 0. The lowest BCUT2D eigenvalue weighted by atomic mass is 10.1. The van der Waals surface area contributed by atoms with E-state index in [1.54, 1.807) is 16.0 Å². The number of imidazole rings is 1. The van der Waals surface area contributed by atoms with Crippen molar-refractivity contribution in [3.8, 4) is 5.82 Å². The largest absolute Gasteiger partial charge is 0.390 e. The minimum absolute atomic E-state index is 0.0515. The number of thiazole rings is 1.